The second kappa shape index (κ2) is 4.86. The summed E-state index contributed by atoms with van der Waals surface area (Å²) in [6.45, 7) is -1.01. The van der Waals surface area contributed by atoms with Crippen molar-refractivity contribution in [2.24, 2.45) is 0 Å². The molecule has 1 aromatic heterocycles. The highest BCUT2D eigenvalue weighted by Crippen LogP contribution is 2.26. The van der Waals surface area contributed by atoms with Gasteiger partial charge in [-0.2, -0.15) is 5.26 Å². The molecule has 2 N–H and O–H groups in total. The standard InChI is InChI=1S/C9H7F4N3O/c10-4-5-6(15)3-8(17-9(11,12)13)16-7(5)1-2-14/h3H,1,4H2,(H2,15,16). The van der Waals surface area contributed by atoms with Crippen LogP contribution in [0.2, 0.25) is 0 Å². The molecule has 0 aromatic carbocycles. The largest absolute Gasteiger partial charge is 0.574 e. The molecule has 0 bridgehead atoms. The van der Waals surface area contributed by atoms with Crippen molar-refractivity contribution in [1.82, 2.24) is 4.98 Å². The van der Waals surface area contributed by atoms with Gasteiger partial charge in [0.2, 0.25) is 5.88 Å². The Morgan fingerprint density at radius 3 is 2.59 bits per heavy atom. The molecule has 17 heavy (non-hydrogen) atoms. The van der Waals surface area contributed by atoms with E-state index in [1.54, 1.807) is 6.07 Å². The number of ether oxygens (including phenoxy) is 1. The third kappa shape index (κ3) is 3.48. The molecular formula is C9H7F4N3O. The van der Waals surface area contributed by atoms with Crippen molar-refractivity contribution in [1.29, 1.82) is 5.26 Å². The molecule has 0 saturated heterocycles. The Kier molecular flexibility index (Phi) is 3.73. The number of aromatic nitrogens is 1. The first-order chi connectivity index (χ1) is 7.87. The van der Waals surface area contributed by atoms with Crippen molar-refractivity contribution < 1.29 is 22.3 Å². The summed E-state index contributed by atoms with van der Waals surface area (Å²) in [4.78, 5) is 3.39. The van der Waals surface area contributed by atoms with Crippen LogP contribution in [-0.2, 0) is 13.1 Å². The van der Waals surface area contributed by atoms with Gasteiger partial charge in [-0.05, 0) is 0 Å². The van der Waals surface area contributed by atoms with Crippen molar-refractivity contribution >= 4 is 5.69 Å². The summed E-state index contributed by atoms with van der Waals surface area (Å²) in [7, 11) is 0. The van der Waals surface area contributed by atoms with E-state index in [-0.39, 0.29) is 23.4 Å². The van der Waals surface area contributed by atoms with Crippen LogP contribution in [0.1, 0.15) is 11.3 Å². The second-order valence-electron chi connectivity index (χ2n) is 2.99. The van der Waals surface area contributed by atoms with Crippen LogP contribution >= 0.6 is 0 Å². The fourth-order valence-corrected chi connectivity index (χ4v) is 1.17. The van der Waals surface area contributed by atoms with Crippen LogP contribution in [-0.4, -0.2) is 11.3 Å². The minimum absolute atomic E-state index is 0.0962. The number of nitrogens with zero attached hydrogens (tertiary/aromatic N) is 2. The van der Waals surface area contributed by atoms with E-state index in [2.05, 4.69) is 9.72 Å². The number of nitriles is 1. The molecule has 0 saturated carbocycles. The molecule has 0 spiro atoms. The van der Waals surface area contributed by atoms with Crippen LogP contribution in [0.5, 0.6) is 5.88 Å². The number of halogens is 4. The molecule has 0 aliphatic heterocycles. The van der Waals surface area contributed by atoms with Crippen molar-refractivity contribution in [3.8, 4) is 11.9 Å². The zero-order valence-corrected chi connectivity index (χ0v) is 8.38. The van der Waals surface area contributed by atoms with Crippen LogP contribution in [0.3, 0.4) is 0 Å². The van der Waals surface area contributed by atoms with Crippen LogP contribution in [0, 0.1) is 11.3 Å². The molecular weight excluding hydrogens is 242 g/mol. The van der Waals surface area contributed by atoms with Gasteiger partial charge in [-0.25, -0.2) is 9.37 Å². The SMILES string of the molecule is N#CCc1nc(OC(F)(F)F)cc(N)c1CF. The molecule has 0 amide bonds. The number of pyridine rings is 1. The molecule has 0 aliphatic rings. The fraction of sp³-hybridized carbons (Fsp3) is 0.333. The zero-order chi connectivity index (χ0) is 13.1. The lowest BCUT2D eigenvalue weighted by Crippen LogP contribution is -2.19. The van der Waals surface area contributed by atoms with Crippen LogP contribution in [0.15, 0.2) is 6.07 Å². The maximum Gasteiger partial charge on any atom is 0.574 e. The monoisotopic (exact) mass is 249 g/mol. The molecule has 8 heteroatoms. The highest BCUT2D eigenvalue weighted by Gasteiger charge is 2.32. The summed E-state index contributed by atoms with van der Waals surface area (Å²) >= 11 is 0. The van der Waals surface area contributed by atoms with E-state index >= 15 is 0 Å². The van der Waals surface area contributed by atoms with Crippen molar-refractivity contribution in [3.63, 3.8) is 0 Å². The predicted molar refractivity (Wildman–Crippen MR) is 49.5 cm³/mol. The lowest BCUT2D eigenvalue weighted by Gasteiger charge is -2.12. The molecule has 1 aromatic rings. The first-order valence-electron chi connectivity index (χ1n) is 4.34. The molecule has 1 heterocycles. The van der Waals surface area contributed by atoms with Gasteiger partial charge in [0.1, 0.15) is 6.67 Å². The zero-order valence-electron chi connectivity index (χ0n) is 8.38. The van der Waals surface area contributed by atoms with Gasteiger partial charge in [-0.3, -0.25) is 0 Å². The summed E-state index contributed by atoms with van der Waals surface area (Å²) in [5, 5.41) is 8.44. The maximum absolute atomic E-state index is 12.5. The highest BCUT2D eigenvalue weighted by atomic mass is 19.4. The lowest BCUT2D eigenvalue weighted by molar-refractivity contribution is -0.276. The highest BCUT2D eigenvalue weighted by molar-refractivity contribution is 5.51. The first-order valence-corrected chi connectivity index (χ1v) is 4.34. The Balaban J connectivity index is 3.15. The summed E-state index contributed by atoms with van der Waals surface area (Å²) in [6.07, 6.45) is -5.26. The normalized spacial score (nSPS) is 11.0. The van der Waals surface area contributed by atoms with Gasteiger partial charge in [0, 0.05) is 17.3 Å². The Morgan fingerprint density at radius 1 is 1.47 bits per heavy atom. The van der Waals surface area contributed by atoms with Crippen LogP contribution < -0.4 is 10.5 Å². The van der Waals surface area contributed by atoms with E-state index in [0.29, 0.717) is 0 Å². The average Bonchev–Trinajstić information content (AvgIpc) is 2.15. The Labute approximate surface area is 93.6 Å². The number of nitrogen functional groups attached to an aromatic ring is 1. The Hall–Kier alpha value is -2.04. The number of rotatable bonds is 3. The molecule has 0 fully saturated rings. The maximum atomic E-state index is 12.5. The molecule has 0 aliphatic carbocycles. The lowest BCUT2D eigenvalue weighted by atomic mass is 10.1. The third-order valence-corrected chi connectivity index (χ3v) is 1.82. The summed E-state index contributed by atoms with van der Waals surface area (Å²) < 4.78 is 51.9. The molecule has 0 radical (unpaired) electrons. The van der Waals surface area contributed by atoms with E-state index in [1.807, 2.05) is 0 Å². The topological polar surface area (TPSA) is 71.9 Å². The minimum atomic E-state index is -4.92. The van der Waals surface area contributed by atoms with Gasteiger partial charge in [-0.15, -0.1) is 13.2 Å². The van der Waals surface area contributed by atoms with Crippen LogP contribution in [0.4, 0.5) is 23.2 Å². The van der Waals surface area contributed by atoms with Crippen molar-refractivity contribution in [3.05, 3.63) is 17.3 Å². The molecule has 0 unspecified atom stereocenters. The molecule has 0 atom stereocenters. The number of hydrogen-bond acceptors (Lipinski definition) is 4. The van der Waals surface area contributed by atoms with E-state index in [9.17, 15) is 17.6 Å². The summed E-state index contributed by atoms with van der Waals surface area (Å²) in [5.41, 5.74) is 4.86. The summed E-state index contributed by atoms with van der Waals surface area (Å²) in [5.74, 6) is -0.808. The van der Waals surface area contributed by atoms with Gasteiger partial charge in [0.05, 0.1) is 18.2 Å². The minimum Gasteiger partial charge on any atom is -0.398 e. The van der Waals surface area contributed by atoms with Crippen molar-refractivity contribution in [2.75, 3.05) is 5.73 Å². The van der Waals surface area contributed by atoms with E-state index in [4.69, 9.17) is 11.0 Å². The van der Waals surface area contributed by atoms with Gasteiger partial charge in [-0.1, -0.05) is 0 Å². The molecule has 1 rings (SSSR count). The van der Waals surface area contributed by atoms with E-state index in [0.717, 1.165) is 6.07 Å². The number of nitrogens with two attached hydrogens (primary N) is 1. The second-order valence-corrected chi connectivity index (χ2v) is 2.99. The Bertz CT molecular complexity index is 453. The summed E-state index contributed by atoms with van der Waals surface area (Å²) in [6, 6.07) is 2.42. The number of alkyl halides is 4. The molecule has 4 nitrogen and oxygen atoms in total. The van der Waals surface area contributed by atoms with Gasteiger partial charge < -0.3 is 10.5 Å². The first kappa shape index (κ1) is 13.0. The van der Waals surface area contributed by atoms with Gasteiger partial charge >= 0.3 is 6.36 Å². The van der Waals surface area contributed by atoms with E-state index < -0.39 is 18.9 Å². The smallest absolute Gasteiger partial charge is 0.398 e. The molecule has 92 valence electrons. The quantitative estimate of drug-likeness (QED) is 0.832. The Morgan fingerprint density at radius 2 is 2.12 bits per heavy atom. The number of hydrogen-bond donors (Lipinski definition) is 1. The van der Waals surface area contributed by atoms with E-state index in [1.165, 1.54) is 0 Å². The van der Waals surface area contributed by atoms with Crippen molar-refractivity contribution in [2.45, 2.75) is 19.5 Å². The van der Waals surface area contributed by atoms with Gasteiger partial charge in [0.25, 0.3) is 0 Å². The van der Waals surface area contributed by atoms with Crippen LogP contribution in [0.25, 0.3) is 0 Å². The average molecular weight is 249 g/mol. The third-order valence-electron chi connectivity index (χ3n) is 1.82. The van der Waals surface area contributed by atoms with Gasteiger partial charge in [0.15, 0.2) is 0 Å². The number of anilines is 1. The predicted octanol–water partition coefficient (Wildman–Crippen LogP) is 2.10. The fourth-order valence-electron chi connectivity index (χ4n) is 1.17.